The topological polar surface area (TPSA) is 68.5 Å². The molecule has 0 bridgehead atoms. The molecule has 1 fully saturated rings. The molecule has 0 unspecified atom stereocenters. The summed E-state index contributed by atoms with van der Waals surface area (Å²) in [5, 5.41) is 4.13. The molecule has 0 saturated carbocycles. The standard InChI is InChI=1S/C24H27N3O3/c1-3-4-6-17-8-10-19(11-9-17)24(28)27-16-5-7-21(27)23-25-22(26-30-23)18-12-14-20(29-2)15-13-18/h8-15,21H,3-7,16H2,1-2H3/t21-/m0/s1. The number of amides is 1. The normalized spacial score (nSPS) is 16.1. The van der Waals surface area contributed by atoms with E-state index in [1.54, 1.807) is 7.11 Å². The van der Waals surface area contributed by atoms with Gasteiger partial charge in [0.05, 0.1) is 7.11 Å². The van der Waals surface area contributed by atoms with Crippen molar-refractivity contribution in [3.63, 3.8) is 0 Å². The fourth-order valence-corrected chi connectivity index (χ4v) is 3.86. The Kier molecular flexibility index (Phi) is 6.12. The molecule has 1 aliphatic rings. The lowest BCUT2D eigenvalue weighted by Crippen LogP contribution is -2.30. The number of hydrogen-bond donors (Lipinski definition) is 0. The highest BCUT2D eigenvalue weighted by Crippen LogP contribution is 2.33. The van der Waals surface area contributed by atoms with Gasteiger partial charge in [-0.1, -0.05) is 30.6 Å². The SMILES string of the molecule is CCCCc1ccc(C(=O)N2CCC[C@H]2c2nc(-c3ccc(OC)cc3)no2)cc1. The number of aryl methyl sites for hydroxylation is 1. The number of unbranched alkanes of at least 4 members (excludes halogenated alkanes) is 1. The lowest BCUT2D eigenvalue weighted by atomic mass is 10.1. The first kappa shape index (κ1) is 20.1. The van der Waals surface area contributed by atoms with Crippen LogP contribution in [-0.4, -0.2) is 34.6 Å². The first-order valence-corrected chi connectivity index (χ1v) is 10.6. The summed E-state index contributed by atoms with van der Waals surface area (Å²) in [6, 6.07) is 15.3. The van der Waals surface area contributed by atoms with Crippen molar-refractivity contribution < 1.29 is 14.1 Å². The fourth-order valence-electron chi connectivity index (χ4n) is 3.86. The largest absolute Gasteiger partial charge is 0.497 e. The molecule has 156 valence electrons. The van der Waals surface area contributed by atoms with Crippen molar-refractivity contribution in [2.75, 3.05) is 13.7 Å². The molecule has 2 aromatic carbocycles. The minimum Gasteiger partial charge on any atom is -0.497 e. The summed E-state index contributed by atoms with van der Waals surface area (Å²) in [6.07, 6.45) is 5.12. The van der Waals surface area contributed by atoms with Crippen molar-refractivity contribution in [2.45, 2.75) is 45.1 Å². The maximum atomic E-state index is 13.1. The van der Waals surface area contributed by atoms with Gasteiger partial charge in [0.25, 0.3) is 5.91 Å². The predicted molar refractivity (Wildman–Crippen MR) is 114 cm³/mol. The molecule has 6 heteroatoms. The number of nitrogens with zero attached hydrogens (tertiary/aromatic N) is 3. The number of likely N-dealkylation sites (tertiary alicyclic amines) is 1. The highest BCUT2D eigenvalue weighted by molar-refractivity contribution is 5.94. The Balaban J connectivity index is 1.49. The quantitative estimate of drug-likeness (QED) is 0.549. The van der Waals surface area contributed by atoms with E-state index in [4.69, 9.17) is 9.26 Å². The van der Waals surface area contributed by atoms with Crippen LogP contribution in [0.3, 0.4) is 0 Å². The lowest BCUT2D eigenvalue weighted by Gasteiger charge is -2.22. The second kappa shape index (κ2) is 9.11. The molecule has 0 N–H and O–H groups in total. The Bertz CT molecular complexity index is 980. The Labute approximate surface area is 176 Å². The molecule has 1 atom stereocenters. The van der Waals surface area contributed by atoms with Gasteiger partial charge in [0.2, 0.25) is 11.7 Å². The second-order valence-electron chi connectivity index (χ2n) is 7.64. The van der Waals surface area contributed by atoms with E-state index >= 15 is 0 Å². The zero-order valence-electron chi connectivity index (χ0n) is 17.5. The van der Waals surface area contributed by atoms with Crippen LogP contribution < -0.4 is 4.74 Å². The smallest absolute Gasteiger partial charge is 0.254 e. The summed E-state index contributed by atoms with van der Waals surface area (Å²) >= 11 is 0. The van der Waals surface area contributed by atoms with Crippen LogP contribution in [-0.2, 0) is 6.42 Å². The third kappa shape index (κ3) is 4.22. The van der Waals surface area contributed by atoms with Crippen LogP contribution in [0.5, 0.6) is 5.75 Å². The van der Waals surface area contributed by atoms with Crippen molar-refractivity contribution in [2.24, 2.45) is 0 Å². The first-order chi connectivity index (χ1) is 14.7. The third-order valence-corrected chi connectivity index (χ3v) is 5.61. The first-order valence-electron chi connectivity index (χ1n) is 10.6. The van der Waals surface area contributed by atoms with E-state index in [0.29, 0.717) is 23.8 Å². The summed E-state index contributed by atoms with van der Waals surface area (Å²) in [5.41, 5.74) is 2.83. The van der Waals surface area contributed by atoms with Gasteiger partial charge in [-0.3, -0.25) is 4.79 Å². The zero-order valence-corrected chi connectivity index (χ0v) is 17.5. The number of rotatable bonds is 7. The number of ether oxygens (including phenoxy) is 1. The molecule has 30 heavy (non-hydrogen) atoms. The van der Waals surface area contributed by atoms with Crippen molar-refractivity contribution >= 4 is 5.91 Å². The molecule has 1 aromatic heterocycles. The summed E-state index contributed by atoms with van der Waals surface area (Å²) in [4.78, 5) is 19.6. The van der Waals surface area contributed by atoms with Gasteiger partial charge in [-0.15, -0.1) is 0 Å². The van der Waals surface area contributed by atoms with Crippen molar-refractivity contribution in [1.82, 2.24) is 15.0 Å². The molecule has 1 saturated heterocycles. The number of benzene rings is 2. The minimum atomic E-state index is -0.184. The van der Waals surface area contributed by atoms with E-state index in [2.05, 4.69) is 29.2 Å². The molecule has 0 spiro atoms. The maximum absolute atomic E-state index is 13.1. The van der Waals surface area contributed by atoms with Crippen LogP contribution in [0, 0.1) is 0 Å². The van der Waals surface area contributed by atoms with Crippen LogP contribution in [0.1, 0.15) is 60.5 Å². The summed E-state index contributed by atoms with van der Waals surface area (Å²) < 4.78 is 10.7. The Hall–Kier alpha value is -3.15. The average molecular weight is 405 g/mol. The number of carbonyl (C=O) groups excluding carboxylic acids is 1. The maximum Gasteiger partial charge on any atom is 0.254 e. The van der Waals surface area contributed by atoms with Gasteiger partial charge in [0, 0.05) is 17.7 Å². The highest BCUT2D eigenvalue weighted by Gasteiger charge is 2.34. The summed E-state index contributed by atoms with van der Waals surface area (Å²) in [7, 11) is 1.63. The Morgan fingerprint density at radius 3 is 2.63 bits per heavy atom. The van der Waals surface area contributed by atoms with Gasteiger partial charge >= 0.3 is 0 Å². The second-order valence-corrected chi connectivity index (χ2v) is 7.64. The molecule has 3 aromatic rings. The number of aromatic nitrogens is 2. The molecule has 1 amide bonds. The monoisotopic (exact) mass is 405 g/mol. The molecular formula is C24H27N3O3. The number of methoxy groups -OCH3 is 1. The summed E-state index contributed by atoms with van der Waals surface area (Å²) in [6.45, 7) is 2.88. The van der Waals surface area contributed by atoms with Crippen molar-refractivity contribution in [3.05, 3.63) is 65.5 Å². The molecule has 1 aliphatic heterocycles. The molecule has 6 nitrogen and oxygen atoms in total. The van der Waals surface area contributed by atoms with Crippen LogP contribution >= 0.6 is 0 Å². The Morgan fingerprint density at radius 1 is 1.17 bits per heavy atom. The van der Waals surface area contributed by atoms with Crippen LogP contribution in [0.25, 0.3) is 11.4 Å². The molecular weight excluding hydrogens is 378 g/mol. The van der Waals surface area contributed by atoms with Crippen LogP contribution in [0.2, 0.25) is 0 Å². The van der Waals surface area contributed by atoms with Gasteiger partial charge < -0.3 is 14.2 Å². The van der Waals surface area contributed by atoms with E-state index in [9.17, 15) is 4.79 Å². The highest BCUT2D eigenvalue weighted by atomic mass is 16.5. The minimum absolute atomic E-state index is 0.0174. The van der Waals surface area contributed by atoms with E-state index < -0.39 is 0 Å². The number of hydrogen-bond acceptors (Lipinski definition) is 5. The van der Waals surface area contributed by atoms with Gasteiger partial charge in [0.15, 0.2) is 0 Å². The molecule has 0 aliphatic carbocycles. The van der Waals surface area contributed by atoms with E-state index in [-0.39, 0.29) is 11.9 Å². The van der Waals surface area contributed by atoms with Crippen LogP contribution in [0.15, 0.2) is 53.1 Å². The predicted octanol–water partition coefficient (Wildman–Crippen LogP) is 5.07. The molecule has 4 rings (SSSR count). The molecule has 2 heterocycles. The fraction of sp³-hybridized carbons (Fsp3) is 0.375. The zero-order chi connectivity index (χ0) is 20.9. The van der Waals surface area contributed by atoms with E-state index in [0.717, 1.165) is 37.0 Å². The van der Waals surface area contributed by atoms with Crippen molar-refractivity contribution in [1.29, 1.82) is 0 Å². The van der Waals surface area contributed by atoms with Gasteiger partial charge in [-0.25, -0.2) is 0 Å². The third-order valence-electron chi connectivity index (χ3n) is 5.61. The van der Waals surface area contributed by atoms with Gasteiger partial charge in [-0.05, 0) is 67.6 Å². The average Bonchev–Trinajstić information content (AvgIpc) is 3.47. The summed E-state index contributed by atoms with van der Waals surface area (Å²) in [5.74, 6) is 1.80. The van der Waals surface area contributed by atoms with E-state index in [1.807, 2.05) is 41.3 Å². The van der Waals surface area contributed by atoms with Gasteiger partial charge in [0.1, 0.15) is 11.8 Å². The van der Waals surface area contributed by atoms with E-state index in [1.165, 1.54) is 12.0 Å². The van der Waals surface area contributed by atoms with Gasteiger partial charge in [-0.2, -0.15) is 4.98 Å². The Morgan fingerprint density at radius 2 is 1.93 bits per heavy atom. The van der Waals surface area contributed by atoms with Crippen LogP contribution in [0.4, 0.5) is 0 Å². The number of carbonyl (C=O) groups is 1. The molecule has 0 radical (unpaired) electrons. The van der Waals surface area contributed by atoms with Crippen molar-refractivity contribution in [3.8, 4) is 17.1 Å². The lowest BCUT2D eigenvalue weighted by molar-refractivity contribution is 0.0710.